The van der Waals surface area contributed by atoms with E-state index in [-0.39, 0.29) is 36.4 Å². The number of aromatic nitrogens is 4. The standard InChI is InChI=1S/C20H21N5OS.2ClH/c1-3-15(18-23-13-5-4-11(2)8-14(13)24-18)25-10-22-19-17(20(25)26)12-6-7-21-9-16(12)27-19;;/h4-5,8,10,15,21H,3,6-7,9H2,1-2H3,(H,23,24);2*1H. The maximum Gasteiger partial charge on any atom is 0.263 e. The molecule has 0 fully saturated rings. The molecule has 0 saturated carbocycles. The van der Waals surface area contributed by atoms with Crippen LogP contribution in [0, 0.1) is 6.92 Å². The smallest absolute Gasteiger partial charge is 0.263 e. The van der Waals surface area contributed by atoms with Gasteiger partial charge in [0.15, 0.2) is 0 Å². The number of imidazole rings is 1. The summed E-state index contributed by atoms with van der Waals surface area (Å²) in [4.78, 5) is 28.2. The molecule has 4 heterocycles. The van der Waals surface area contributed by atoms with Crippen molar-refractivity contribution in [2.75, 3.05) is 6.54 Å². The fraction of sp³-hybridized carbons (Fsp3) is 0.350. The number of halogens is 2. The van der Waals surface area contributed by atoms with Crippen LogP contribution in [0.15, 0.2) is 29.3 Å². The normalized spacial score (nSPS) is 14.3. The predicted octanol–water partition coefficient (Wildman–Crippen LogP) is 4.13. The second-order valence-electron chi connectivity index (χ2n) is 7.13. The first-order valence-corrected chi connectivity index (χ1v) is 10.2. The van der Waals surface area contributed by atoms with Gasteiger partial charge in [-0.05, 0) is 49.6 Å². The fourth-order valence-corrected chi connectivity index (χ4v) is 5.12. The van der Waals surface area contributed by atoms with Gasteiger partial charge in [0.1, 0.15) is 10.7 Å². The predicted molar refractivity (Wildman–Crippen MR) is 123 cm³/mol. The van der Waals surface area contributed by atoms with Crippen LogP contribution in [0.3, 0.4) is 0 Å². The van der Waals surface area contributed by atoms with Crippen LogP contribution in [0.4, 0.5) is 0 Å². The number of nitrogens with one attached hydrogen (secondary N) is 2. The summed E-state index contributed by atoms with van der Waals surface area (Å²) in [6, 6.07) is 6.01. The summed E-state index contributed by atoms with van der Waals surface area (Å²) >= 11 is 1.63. The van der Waals surface area contributed by atoms with Gasteiger partial charge in [0.25, 0.3) is 5.56 Å². The number of hydrogen-bond donors (Lipinski definition) is 2. The first-order valence-electron chi connectivity index (χ1n) is 9.34. The minimum absolute atomic E-state index is 0. The van der Waals surface area contributed by atoms with Gasteiger partial charge in [0.2, 0.25) is 0 Å². The molecule has 1 atom stereocenters. The maximum absolute atomic E-state index is 13.4. The van der Waals surface area contributed by atoms with Gasteiger partial charge in [0.05, 0.1) is 28.8 Å². The molecule has 0 spiro atoms. The van der Waals surface area contributed by atoms with Gasteiger partial charge in [0, 0.05) is 11.4 Å². The van der Waals surface area contributed by atoms with E-state index in [1.54, 1.807) is 22.2 Å². The third-order valence-electron chi connectivity index (χ3n) is 5.35. The van der Waals surface area contributed by atoms with Crippen molar-refractivity contribution < 1.29 is 0 Å². The molecular weight excluding hydrogens is 429 g/mol. The maximum atomic E-state index is 13.4. The van der Waals surface area contributed by atoms with Crippen molar-refractivity contribution in [2.24, 2.45) is 0 Å². The van der Waals surface area contributed by atoms with Crippen LogP contribution in [-0.4, -0.2) is 26.1 Å². The molecule has 6 nitrogen and oxygen atoms in total. The number of thiophene rings is 1. The highest BCUT2D eigenvalue weighted by atomic mass is 35.5. The number of benzene rings is 1. The molecule has 0 saturated heterocycles. The first kappa shape index (κ1) is 21.8. The molecule has 1 unspecified atom stereocenters. The molecule has 1 aromatic carbocycles. The third-order valence-corrected chi connectivity index (χ3v) is 6.49. The summed E-state index contributed by atoms with van der Waals surface area (Å²) < 4.78 is 1.75. The molecular formula is C20H23Cl2N5OS. The lowest BCUT2D eigenvalue weighted by Gasteiger charge is -2.16. The molecule has 0 radical (unpaired) electrons. The first-order chi connectivity index (χ1) is 13.2. The molecule has 3 aromatic heterocycles. The Kier molecular flexibility index (Phi) is 6.33. The highest BCUT2D eigenvalue weighted by Crippen LogP contribution is 2.30. The Morgan fingerprint density at radius 3 is 2.93 bits per heavy atom. The van der Waals surface area contributed by atoms with Gasteiger partial charge in [-0.3, -0.25) is 9.36 Å². The largest absolute Gasteiger partial charge is 0.340 e. The number of hydrogen-bond acceptors (Lipinski definition) is 5. The highest BCUT2D eigenvalue weighted by Gasteiger charge is 2.23. The van der Waals surface area contributed by atoms with Gasteiger partial charge in [-0.2, -0.15) is 0 Å². The Hall–Kier alpha value is -1.93. The van der Waals surface area contributed by atoms with E-state index < -0.39 is 0 Å². The number of aryl methyl sites for hydroxylation is 1. The third kappa shape index (κ3) is 3.57. The minimum Gasteiger partial charge on any atom is -0.340 e. The summed E-state index contributed by atoms with van der Waals surface area (Å²) in [7, 11) is 0. The summed E-state index contributed by atoms with van der Waals surface area (Å²) in [6.45, 7) is 5.88. The van der Waals surface area contributed by atoms with E-state index in [0.29, 0.717) is 0 Å². The van der Waals surface area contributed by atoms with Crippen LogP contribution in [-0.2, 0) is 13.0 Å². The zero-order chi connectivity index (χ0) is 18.5. The number of rotatable bonds is 3. The van der Waals surface area contributed by atoms with Crippen LogP contribution in [0.2, 0.25) is 0 Å². The van der Waals surface area contributed by atoms with Crippen LogP contribution < -0.4 is 10.9 Å². The van der Waals surface area contributed by atoms with Crippen LogP contribution >= 0.6 is 36.2 Å². The Morgan fingerprint density at radius 2 is 2.14 bits per heavy atom. The van der Waals surface area contributed by atoms with E-state index in [1.807, 2.05) is 6.07 Å². The van der Waals surface area contributed by atoms with Crippen LogP contribution in [0.5, 0.6) is 0 Å². The summed E-state index contributed by atoms with van der Waals surface area (Å²) in [5.74, 6) is 0.812. The highest BCUT2D eigenvalue weighted by molar-refractivity contribution is 7.18. The van der Waals surface area contributed by atoms with Crippen molar-refractivity contribution in [3.8, 4) is 0 Å². The zero-order valence-corrected chi connectivity index (χ0v) is 18.6. The molecule has 1 aliphatic heterocycles. The van der Waals surface area contributed by atoms with Gasteiger partial charge in [-0.1, -0.05) is 13.0 Å². The Balaban J connectivity index is 0.00000120. The topological polar surface area (TPSA) is 75.6 Å². The molecule has 9 heteroatoms. The lowest BCUT2D eigenvalue weighted by molar-refractivity contribution is 0.521. The molecule has 0 bridgehead atoms. The van der Waals surface area contributed by atoms with E-state index >= 15 is 0 Å². The Bertz CT molecular complexity index is 1230. The Labute approximate surface area is 184 Å². The number of nitrogens with zero attached hydrogens (tertiary/aromatic N) is 3. The summed E-state index contributed by atoms with van der Waals surface area (Å²) in [5.41, 5.74) is 4.34. The number of fused-ring (bicyclic) bond motifs is 4. The van der Waals surface area contributed by atoms with E-state index in [1.165, 1.54) is 16.0 Å². The number of H-pyrrole nitrogens is 1. The van der Waals surface area contributed by atoms with E-state index in [2.05, 4.69) is 41.3 Å². The molecule has 0 amide bonds. The van der Waals surface area contributed by atoms with Crippen LogP contribution in [0.25, 0.3) is 21.3 Å². The van der Waals surface area contributed by atoms with Crippen molar-refractivity contribution in [1.29, 1.82) is 0 Å². The van der Waals surface area contributed by atoms with E-state index in [0.717, 1.165) is 53.0 Å². The molecule has 29 heavy (non-hydrogen) atoms. The van der Waals surface area contributed by atoms with Gasteiger partial charge < -0.3 is 10.3 Å². The summed E-state index contributed by atoms with van der Waals surface area (Å²) in [6.07, 6.45) is 3.34. The van der Waals surface area contributed by atoms with Crippen molar-refractivity contribution in [3.63, 3.8) is 0 Å². The molecule has 154 valence electrons. The zero-order valence-electron chi connectivity index (χ0n) is 16.2. The second kappa shape index (κ2) is 8.44. The molecule has 5 rings (SSSR count). The lowest BCUT2D eigenvalue weighted by atomic mass is 10.1. The van der Waals surface area contributed by atoms with Gasteiger partial charge in [-0.25, -0.2) is 9.97 Å². The lowest BCUT2D eigenvalue weighted by Crippen LogP contribution is -2.28. The molecule has 4 aromatic rings. The van der Waals surface area contributed by atoms with Crippen LogP contribution in [0.1, 0.15) is 41.2 Å². The second-order valence-corrected chi connectivity index (χ2v) is 8.22. The van der Waals surface area contributed by atoms with Crippen molar-refractivity contribution >= 4 is 57.4 Å². The van der Waals surface area contributed by atoms with E-state index in [4.69, 9.17) is 4.98 Å². The van der Waals surface area contributed by atoms with Gasteiger partial charge >= 0.3 is 0 Å². The van der Waals surface area contributed by atoms with E-state index in [9.17, 15) is 4.79 Å². The van der Waals surface area contributed by atoms with Crippen molar-refractivity contribution in [3.05, 3.63) is 56.7 Å². The Morgan fingerprint density at radius 1 is 1.31 bits per heavy atom. The minimum atomic E-state index is -0.153. The average Bonchev–Trinajstić information content (AvgIpc) is 3.25. The quantitative estimate of drug-likeness (QED) is 0.490. The fourth-order valence-electron chi connectivity index (χ4n) is 3.97. The summed E-state index contributed by atoms with van der Waals surface area (Å²) in [5, 5.41) is 4.17. The molecule has 0 aliphatic carbocycles. The van der Waals surface area contributed by atoms with Crippen molar-refractivity contribution in [1.82, 2.24) is 24.8 Å². The molecule has 2 N–H and O–H groups in total. The number of aromatic amines is 1. The molecule has 1 aliphatic rings. The van der Waals surface area contributed by atoms with Crippen molar-refractivity contribution in [2.45, 2.75) is 39.3 Å². The SMILES string of the molecule is CCC(c1nc2ccc(C)cc2[nH]1)n1cnc2sc3c(c2c1=O)CCNC3.Cl.Cl. The van der Waals surface area contributed by atoms with Gasteiger partial charge in [-0.15, -0.1) is 36.2 Å². The monoisotopic (exact) mass is 451 g/mol. The average molecular weight is 452 g/mol.